The molecule has 0 radical (unpaired) electrons. The van der Waals surface area contributed by atoms with E-state index >= 15 is 0 Å². The van der Waals surface area contributed by atoms with E-state index < -0.39 is 0 Å². The summed E-state index contributed by atoms with van der Waals surface area (Å²) in [7, 11) is 0. The lowest BCUT2D eigenvalue weighted by atomic mass is 10.2. The standard InChI is InChI=1S/C15H25N3O/c1-3-17(4-2)13-5-7-14(8-6-13)18-9-10-19-15(11-16)12-18/h5-8,15H,3-4,9-12,16H2,1-2H3. The second kappa shape index (κ2) is 6.78. The molecule has 0 amide bonds. The van der Waals surface area contributed by atoms with Gasteiger partial charge in [-0.2, -0.15) is 0 Å². The van der Waals surface area contributed by atoms with Gasteiger partial charge in [0.1, 0.15) is 0 Å². The third-order valence-corrected chi connectivity index (χ3v) is 3.75. The van der Waals surface area contributed by atoms with Gasteiger partial charge in [0.05, 0.1) is 12.7 Å². The molecule has 1 aliphatic rings. The van der Waals surface area contributed by atoms with E-state index in [0.717, 1.165) is 32.8 Å². The molecule has 1 fully saturated rings. The molecule has 4 heteroatoms. The topological polar surface area (TPSA) is 41.7 Å². The number of rotatable bonds is 5. The van der Waals surface area contributed by atoms with E-state index in [2.05, 4.69) is 47.9 Å². The number of hydrogen-bond donors (Lipinski definition) is 1. The average Bonchev–Trinajstić information content (AvgIpc) is 2.49. The Bertz CT molecular complexity index is 375. The Hall–Kier alpha value is -1.26. The number of anilines is 2. The van der Waals surface area contributed by atoms with Gasteiger partial charge in [0.15, 0.2) is 0 Å². The predicted octanol–water partition coefficient (Wildman–Crippen LogP) is 1.70. The fourth-order valence-electron chi connectivity index (χ4n) is 2.56. The van der Waals surface area contributed by atoms with Crippen LogP contribution in [0.5, 0.6) is 0 Å². The normalized spacial score (nSPS) is 19.5. The summed E-state index contributed by atoms with van der Waals surface area (Å²) in [5, 5.41) is 0. The molecule has 1 aromatic rings. The zero-order chi connectivity index (χ0) is 13.7. The van der Waals surface area contributed by atoms with E-state index in [9.17, 15) is 0 Å². The summed E-state index contributed by atoms with van der Waals surface area (Å²) in [4.78, 5) is 4.71. The van der Waals surface area contributed by atoms with Crippen molar-refractivity contribution < 1.29 is 4.74 Å². The Kier molecular flexibility index (Phi) is 5.05. The van der Waals surface area contributed by atoms with Crippen LogP contribution in [-0.4, -0.2) is 45.4 Å². The van der Waals surface area contributed by atoms with E-state index in [1.165, 1.54) is 11.4 Å². The van der Waals surface area contributed by atoms with Crippen LogP contribution >= 0.6 is 0 Å². The minimum absolute atomic E-state index is 0.163. The first-order chi connectivity index (χ1) is 9.28. The maximum Gasteiger partial charge on any atom is 0.0872 e. The number of benzene rings is 1. The Morgan fingerprint density at radius 1 is 1.26 bits per heavy atom. The van der Waals surface area contributed by atoms with E-state index in [1.807, 2.05) is 0 Å². The summed E-state index contributed by atoms with van der Waals surface area (Å²) in [5.41, 5.74) is 8.24. The van der Waals surface area contributed by atoms with Gasteiger partial charge in [0.2, 0.25) is 0 Å². The first kappa shape index (κ1) is 14.2. The van der Waals surface area contributed by atoms with Crippen LogP contribution in [0.25, 0.3) is 0 Å². The van der Waals surface area contributed by atoms with Crippen LogP contribution in [0, 0.1) is 0 Å². The first-order valence-electron chi connectivity index (χ1n) is 7.20. The lowest BCUT2D eigenvalue weighted by Gasteiger charge is -2.34. The van der Waals surface area contributed by atoms with Crippen molar-refractivity contribution in [1.82, 2.24) is 0 Å². The van der Waals surface area contributed by atoms with Gasteiger partial charge < -0.3 is 20.3 Å². The second-order valence-corrected chi connectivity index (χ2v) is 4.86. The lowest BCUT2D eigenvalue weighted by molar-refractivity contribution is 0.0466. The van der Waals surface area contributed by atoms with Crippen molar-refractivity contribution in [2.24, 2.45) is 5.73 Å². The summed E-state index contributed by atoms with van der Waals surface area (Å²) in [6.07, 6.45) is 0.163. The minimum atomic E-state index is 0.163. The number of morpholine rings is 1. The summed E-state index contributed by atoms with van der Waals surface area (Å²) in [5.74, 6) is 0. The van der Waals surface area contributed by atoms with Crippen LogP contribution in [0.3, 0.4) is 0 Å². The second-order valence-electron chi connectivity index (χ2n) is 4.86. The van der Waals surface area contributed by atoms with Crippen molar-refractivity contribution in [2.45, 2.75) is 20.0 Å². The average molecular weight is 263 g/mol. The molecule has 2 rings (SSSR count). The van der Waals surface area contributed by atoms with Crippen molar-refractivity contribution >= 4 is 11.4 Å². The Morgan fingerprint density at radius 2 is 1.95 bits per heavy atom. The van der Waals surface area contributed by atoms with Crippen molar-refractivity contribution in [1.29, 1.82) is 0 Å². The molecular formula is C15H25N3O. The maximum absolute atomic E-state index is 5.69. The van der Waals surface area contributed by atoms with Gasteiger partial charge in [-0.15, -0.1) is 0 Å². The van der Waals surface area contributed by atoms with Gasteiger partial charge in [-0.25, -0.2) is 0 Å². The molecular weight excluding hydrogens is 238 g/mol. The highest BCUT2D eigenvalue weighted by Crippen LogP contribution is 2.22. The molecule has 2 N–H and O–H groups in total. The van der Waals surface area contributed by atoms with Gasteiger partial charge in [-0.3, -0.25) is 0 Å². The largest absolute Gasteiger partial charge is 0.373 e. The van der Waals surface area contributed by atoms with Gasteiger partial charge in [-0.1, -0.05) is 0 Å². The molecule has 0 spiro atoms. The van der Waals surface area contributed by atoms with Crippen molar-refractivity contribution in [3.05, 3.63) is 24.3 Å². The third-order valence-electron chi connectivity index (χ3n) is 3.75. The first-order valence-corrected chi connectivity index (χ1v) is 7.20. The fourth-order valence-corrected chi connectivity index (χ4v) is 2.56. The number of nitrogens with two attached hydrogens (primary N) is 1. The van der Waals surface area contributed by atoms with Crippen LogP contribution < -0.4 is 15.5 Å². The Balaban J connectivity index is 2.05. The smallest absolute Gasteiger partial charge is 0.0872 e. The van der Waals surface area contributed by atoms with E-state index in [4.69, 9.17) is 10.5 Å². The molecule has 0 bridgehead atoms. The molecule has 1 saturated heterocycles. The van der Waals surface area contributed by atoms with E-state index in [0.29, 0.717) is 6.54 Å². The molecule has 1 aliphatic heterocycles. The number of ether oxygens (including phenoxy) is 1. The SMILES string of the molecule is CCN(CC)c1ccc(N2CCOC(CN)C2)cc1. The molecule has 0 aromatic heterocycles. The van der Waals surface area contributed by atoms with E-state index in [1.54, 1.807) is 0 Å². The zero-order valence-electron chi connectivity index (χ0n) is 12.0. The van der Waals surface area contributed by atoms with Crippen LogP contribution in [0.2, 0.25) is 0 Å². The van der Waals surface area contributed by atoms with Gasteiger partial charge >= 0.3 is 0 Å². The monoisotopic (exact) mass is 263 g/mol. The molecule has 19 heavy (non-hydrogen) atoms. The lowest BCUT2D eigenvalue weighted by Crippen LogP contribution is -2.45. The van der Waals surface area contributed by atoms with Gasteiger partial charge in [-0.05, 0) is 38.1 Å². The predicted molar refractivity (Wildman–Crippen MR) is 81.0 cm³/mol. The van der Waals surface area contributed by atoms with Crippen molar-refractivity contribution in [3.63, 3.8) is 0 Å². The molecule has 4 nitrogen and oxygen atoms in total. The van der Waals surface area contributed by atoms with E-state index in [-0.39, 0.29) is 6.10 Å². The fraction of sp³-hybridized carbons (Fsp3) is 0.600. The van der Waals surface area contributed by atoms with Crippen molar-refractivity contribution in [2.75, 3.05) is 49.1 Å². The van der Waals surface area contributed by atoms with Crippen LogP contribution in [0.4, 0.5) is 11.4 Å². The molecule has 106 valence electrons. The molecule has 1 heterocycles. The third kappa shape index (κ3) is 3.39. The molecule has 1 unspecified atom stereocenters. The summed E-state index contributed by atoms with van der Waals surface area (Å²) in [6.45, 7) is 9.65. The van der Waals surface area contributed by atoms with Gasteiger partial charge in [0, 0.05) is 44.1 Å². The van der Waals surface area contributed by atoms with Crippen LogP contribution in [0.1, 0.15) is 13.8 Å². The highest BCUT2D eigenvalue weighted by atomic mass is 16.5. The Labute approximate surface area is 116 Å². The molecule has 1 atom stereocenters. The zero-order valence-corrected chi connectivity index (χ0v) is 12.0. The summed E-state index contributed by atoms with van der Waals surface area (Å²) in [6, 6.07) is 8.81. The Morgan fingerprint density at radius 3 is 2.53 bits per heavy atom. The number of nitrogens with zero attached hydrogens (tertiary/aromatic N) is 2. The highest BCUT2D eigenvalue weighted by Gasteiger charge is 2.19. The van der Waals surface area contributed by atoms with Crippen molar-refractivity contribution in [3.8, 4) is 0 Å². The van der Waals surface area contributed by atoms with Crippen LogP contribution in [-0.2, 0) is 4.74 Å². The summed E-state index contributed by atoms with van der Waals surface area (Å²) < 4.78 is 5.60. The highest BCUT2D eigenvalue weighted by molar-refractivity contribution is 5.56. The molecule has 1 aromatic carbocycles. The van der Waals surface area contributed by atoms with Gasteiger partial charge in [0.25, 0.3) is 0 Å². The molecule has 0 saturated carbocycles. The molecule has 0 aliphatic carbocycles. The maximum atomic E-state index is 5.69. The quantitative estimate of drug-likeness (QED) is 0.878. The van der Waals surface area contributed by atoms with Crippen LogP contribution in [0.15, 0.2) is 24.3 Å². The minimum Gasteiger partial charge on any atom is -0.373 e. The number of hydrogen-bond acceptors (Lipinski definition) is 4. The summed E-state index contributed by atoms with van der Waals surface area (Å²) >= 11 is 0.